The molecular weight excluding hydrogens is 232 g/mol. The Morgan fingerprint density at radius 2 is 1.84 bits per heavy atom. The number of nitrogens with zero attached hydrogens (tertiary/aromatic N) is 1. The molecule has 0 unspecified atom stereocenters. The summed E-state index contributed by atoms with van der Waals surface area (Å²) in [6.45, 7) is 12.3. The fraction of sp³-hybridized carbons (Fsp3) is 0.529. The second-order valence-corrected chi connectivity index (χ2v) is 5.62. The molecule has 1 aromatic rings. The Balaban J connectivity index is 1.98. The molecule has 0 aliphatic carbocycles. The molecule has 0 saturated carbocycles. The van der Waals surface area contributed by atoms with Crippen molar-refractivity contribution in [2.75, 3.05) is 32.7 Å². The lowest BCUT2D eigenvalue weighted by atomic mass is 9.99. The smallest absolute Gasteiger partial charge is 0.0167 e. The topological polar surface area (TPSA) is 15.3 Å². The van der Waals surface area contributed by atoms with Crippen LogP contribution in [0, 0.1) is 20.8 Å². The molecule has 1 aliphatic rings. The van der Waals surface area contributed by atoms with Gasteiger partial charge < -0.3 is 5.32 Å². The van der Waals surface area contributed by atoms with Gasteiger partial charge in [0.05, 0.1) is 0 Å². The molecule has 2 rings (SSSR count). The van der Waals surface area contributed by atoms with Crippen LogP contribution in [0.15, 0.2) is 18.2 Å². The zero-order valence-electron chi connectivity index (χ0n) is 12.5. The van der Waals surface area contributed by atoms with E-state index >= 15 is 0 Å². The van der Waals surface area contributed by atoms with Gasteiger partial charge in [-0.3, -0.25) is 4.90 Å². The van der Waals surface area contributed by atoms with Gasteiger partial charge >= 0.3 is 0 Å². The molecule has 1 saturated heterocycles. The summed E-state index contributed by atoms with van der Waals surface area (Å²) in [5.41, 5.74) is 5.50. The van der Waals surface area contributed by atoms with Crippen molar-refractivity contribution in [3.63, 3.8) is 0 Å². The molecule has 2 heteroatoms. The number of rotatable bonds is 3. The van der Waals surface area contributed by atoms with Crippen molar-refractivity contribution in [3.05, 3.63) is 40.5 Å². The number of benzene rings is 1. The lowest BCUT2D eigenvalue weighted by molar-refractivity contribution is 0.324. The zero-order valence-corrected chi connectivity index (χ0v) is 12.5. The normalized spacial score (nSPS) is 17.8. The third-order valence-corrected chi connectivity index (χ3v) is 3.82. The lowest BCUT2D eigenvalue weighted by Gasteiger charge is -2.17. The van der Waals surface area contributed by atoms with E-state index in [1.54, 1.807) is 0 Å². The number of nitrogens with one attached hydrogen (secondary N) is 1. The highest BCUT2D eigenvalue weighted by atomic mass is 15.1. The molecule has 1 fully saturated rings. The third kappa shape index (κ3) is 4.19. The Bertz CT molecular complexity index is 418. The summed E-state index contributed by atoms with van der Waals surface area (Å²) < 4.78 is 0. The van der Waals surface area contributed by atoms with Gasteiger partial charge in [0, 0.05) is 19.6 Å². The van der Waals surface area contributed by atoms with E-state index in [1.807, 2.05) is 0 Å². The molecule has 0 amide bonds. The first-order valence-electron chi connectivity index (χ1n) is 7.34. The minimum atomic E-state index is 1.06. The van der Waals surface area contributed by atoms with Gasteiger partial charge in [-0.05, 0) is 57.0 Å². The van der Waals surface area contributed by atoms with E-state index in [0.717, 1.165) is 26.2 Å². The molecule has 0 atom stereocenters. The molecule has 0 radical (unpaired) electrons. The molecule has 1 N–H and O–H groups in total. The summed E-state index contributed by atoms with van der Waals surface area (Å²) in [5, 5.41) is 3.44. The maximum Gasteiger partial charge on any atom is 0.0167 e. The van der Waals surface area contributed by atoms with Gasteiger partial charge in [0.25, 0.3) is 0 Å². The highest BCUT2D eigenvalue weighted by molar-refractivity contribution is 5.58. The highest BCUT2D eigenvalue weighted by Gasteiger charge is 2.06. The number of aryl methyl sites for hydroxylation is 3. The molecule has 1 aromatic carbocycles. The van der Waals surface area contributed by atoms with Gasteiger partial charge in [0.15, 0.2) is 0 Å². The first kappa shape index (κ1) is 14.3. The average molecular weight is 258 g/mol. The molecule has 104 valence electrons. The molecule has 1 aliphatic heterocycles. The molecule has 19 heavy (non-hydrogen) atoms. The molecule has 2 nitrogen and oxygen atoms in total. The molecule has 0 bridgehead atoms. The molecule has 0 aromatic heterocycles. The SMILES string of the molecule is Cc1cc(C)c(/C=C/CN2CCCNCC2)c(C)c1. The Morgan fingerprint density at radius 1 is 1.11 bits per heavy atom. The Kier molecular flexibility index (Phi) is 5.17. The first-order chi connectivity index (χ1) is 9.16. The minimum absolute atomic E-state index is 1.06. The van der Waals surface area contributed by atoms with Gasteiger partial charge in [-0.1, -0.05) is 29.8 Å². The fourth-order valence-electron chi connectivity index (χ4n) is 2.86. The van der Waals surface area contributed by atoms with Gasteiger partial charge in [-0.15, -0.1) is 0 Å². The van der Waals surface area contributed by atoms with E-state index in [0.29, 0.717) is 0 Å². The predicted octanol–water partition coefficient (Wildman–Crippen LogP) is 2.92. The van der Waals surface area contributed by atoms with Gasteiger partial charge in [-0.25, -0.2) is 0 Å². The van der Waals surface area contributed by atoms with Crippen molar-refractivity contribution in [2.24, 2.45) is 0 Å². The van der Waals surface area contributed by atoms with Crippen molar-refractivity contribution < 1.29 is 0 Å². The number of hydrogen-bond donors (Lipinski definition) is 1. The lowest BCUT2D eigenvalue weighted by Crippen LogP contribution is -2.28. The molecule has 0 spiro atoms. The minimum Gasteiger partial charge on any atom is -0.315 e. The standard InChI is InChI=1S/C17H26N2/c1-14-12-15(2)17(16(3)13-14)6-4-9-19-10-5-7-18-8-11-19/h4,6,12-13,18H,5,7-11H2,1-3H3/b6-4+. The van der Waals surface area contributed by atoms with Gasteiger partial charge in [0.2, 0.25) is 0 Å². The van der Waals surface area contributed by atoms with Crippen LogP contribution in [-0.2, 0) is 0 Å². The van der Waals surface area contributed by atoms with Crippen LogP contribution < -0.4 is 5.32 Å². The summed E-state index contributed by atoms with van der Waals surface area (Å²) >= 11 is 0. The van der Waals surface area contributed by atoms with E-state index in [9.17, 15) is 0 Å². The van der Waals surface area contributed by atoms with E-state index in [1.165, 1.54) is 35.2 Å². The average Bonchev–Trinajstić information content (AvgIpc) is 2.61. The van der Waals surface area contributed by atoms with Crippen LogP contribution in [0.25, 0.3) is 6.08 Å². The van der Waals surface area contributed by atoms with Crippen LogP contribution in [0.2, 0.25) is 0 Å². The van der Waals surface area contributed by atoms with Crippen molar-refractivity contribution >= 4 is 6.08 Å². The van der Waals surface area contributed by atoms with Crippen molar-refractivity contribution in [2.45, 2.75) is 27.2 Å². The predicted molar refractivity (Wildman–Crippen MR) is 83.6 cm³/mol. The van der Waals surface area contributed by atoms with Crippen LogP contribution >= 0.6 is 0 Å². The number of hydrogen-bond acceptors (Lipinski definition) is 2. The van der Waals surface area contributed by atoms with Crippen LogP contribution in [0.4, 0.5) is 0 Å². The van der Waals surface area contributed by atoms with Crippen molar-refractivity contribution in [1.82, 2.24) is 10.2 Å². The quantitative estimate of drug-likeness (QED) is 0.897. The van der Waals surface area contributed by atoms with E-state index < -0.39 is 0 Å². The Morgan fingerprint density at radius 3 is 2.58 bits per heavy atom. The maximum atomic E-state index is 3.44. The van der Waals surface area contributed by atoms with Gasteiger partial charge in [0.1, 0.15) is 0 Å². The second kappa shape index (κ2) is 6.88. The zero-order chi connectivity index (χ0) is 13.7. The monoisotopic (exact) mass is 258 g/mol. The summed E-state index contributed by atoms with van der Waals surface area (Å²) in [6.07, 6.45) is 5.87. The third-order valence-electron chi connectivity index (χ3n) is 3.82. The first-order valence-corrected chi connectivity index (χ1v) is 7.34. The second-order valence-electron chi connectivity index (χ2n) is 5.62. The summed E-state index contributed by atoms with van der Waals surface area (Å²) in [5.74, 6) is 0. The van der Waals surface area contributed by atoms with E-state index in [2.05, 4.69) is 55.3 Å². The maximum absolute atomic E-state index is 3.44. The molecular formula is C17H26N2. The summed E-state index contributed by atoms with van der Waals surface area (Å²) in [7, 11) is 0. The fourth-order valence-corrected chi connectivity index (χ4v) is 2.86. The highest BCUT2D eigenvalue weighted by Crippen LogP contribution is 2.17. The van der Waals surface area contributed by atoms with Crippen molar-refractivity contribution in [3.8, 4) is 0 Å². The van der Waals surface area contributed by atoms with Gasteiger partial charge in [-0.2, -0.15) is 0 Å². The van der Waals surface area contributed by atoms with Crippen LogP contribution in [0.3, 0.4) is 0 Å². The Labute approximate surface area is 117 Å². The molecule has 1 heterocycles. The van der Waals surface area contributed by atoms with Crippen molar-refractivity contribution in [1.29, 1.82) is 0 Å². The van der Waals surface area contributed by atoms with E-state index in [-0.39, 0.29) is 0 Å². The van der Waals surface area contributed by atoms with E-state index in [4.69, 9.17) is 0 Å². The van der Waals surface area contributed by atoms with Crippen LogP contribution in [0.1, 0.15) is 28.7 Å². The van der Waals surface area contributed by atoms with Crippen LogP contribution in [0.5, 0.6) is 0 Å². The summed E-state index contributed by atoms with van der Waals surface area (Å²) in [6, 6.07) is 4.53. The summed E-state index contributed by atoms with van der Waals surface area (Å²) in [4.78, 5) is 2.52. The Hall–Kier alpha value is -1.12. The van der Waals surface area contributed by atoms with Crippen LogP contribution in [-0.4, -0.2) is 37.6 Å². The largest absolute Gasteiger partial charge is 0.315 e.